The zero-order valence-electron chi connectivity index (χ0n) is 19.8. The molecule has 4 rings (SSSR count). The number of aliphatic hydroxyl groups is 2. The van der Waals surface area contributed by atoms with E-state index in [0.29, 0.717) is 23.3 Å². The van der Waals surface area contributed by atoms with Gasteiger partial charge in [0.15, 0.2) is 9.84 Å². The third-order valence-electron chi connectivity index (χ3n) is 6.31. The van der Waals surface area contributed by atoms with Crippen LogP contribution in [0.15, 0.2) is 96.1 Å². The van der Waals surface area contributed by atoms with Gasteiger partial charge >= 0.3 is 0 Å². The van der Waals surface area contributed by atoms with Crippen molar-refractivity contribution in [3.8, 4) is 11.5 Å². The van der Waals surface area contributed by atoms with Gasteiger partial charge in [0.2, 0.25) is 0 Å². The summed E-state index contributed by atoms with van der Waals surface area (Å²) in [4.78, 5) is 0. The minimum atomic E-state index is -3.63. The molecule has 1 aliphatic heterocycles. The van der Waals surface area contributed by atoms with Crippen molar-refractivity contribution in [2.75, 3.05) is 19.0 Å². The number of benzene rings is 3. The summed E-state index contributed by atoms with van der Waals surface area (Å²) in [5.74, 6) is 0.539. The Morgan fingerprint density at radius 1 is 0.972 bits per heavy atom. The highest BCUT2D eigenvalue weighted by molar-refractivity contribution is 7.92. The lowest BCUT2D eigenvalue weighted by Gasteiger charge is -2.20. The average molecular weight is 507 g/mol. The normalized spacial score (nSPS) is 18.3. The van der Waals surface area contributed by atoms with Crippen LogP contribution in [0.1, 0.15) is 24.0 Å². The molecule has 1 aliphatic rings. The largest absolute Gasteiger partial charge is 0.508 e. The Kier molecular flexibility index (Phi) is 8.25. The van der Waals surface area contributed by atoms with Gasteiger partial charge in [0, 0.05) is 0 Å². The molecule has 188 valence electrons. The van der Waals surface area contributed by atoms with Gasteiger partial charge < -0.3 is 20.1 Å². The molecule has 36 heavy (non-hydrogen) atoms. The first-order valence-electron chi connectivity index (χ1n) is 11.8. The molecule has 7 heteroatoms. The first kappa shape index (κ1) is 25.7. The quantitative estimate of drug-likeness (QED) is 0.281. The molecule has 0 bridgehead atoms. The molecule has 0 spiro atoms. The number of sulfone groups is 1. The van der Waals surface area contributed by atoms with Gasteiger partial charge in [-0.3, -0.25) is 0 Å². The Bertz CT molecular complexity index is 1310. The molecule has 0 saturated carbocycles. The number of phenolic OH excluding ortho intramolecular Hbond substituents is 1. The number of hydrogen-bond donors (Lipinski definition) is 3. The van der Waals surface area contributed by atoms with Crippen LogP contribution in [0.25, 0.3) is 11.6 Å². The van der Waals surface area contributed by atoms with Crippen LogP contribution in [-0.4, -0.2) is 54.1 Å². The van der Waals surface area contributed by atoms with Gasteiger partial charge in [-0.1, -0.05) is 66.7 Å². The van der Waals surface area contributed by atoms with E-state index in [1.807, 2.05) is 66.7 Å². The van der Waals surface area contributed by atoms with Crippen LogP contribution in [0.5, 0.6) is 11.5 Å². The molecular formula is C29H30O6S. The van der Waals surface area contributed by atoms with Crippen molar-refractivity contribution in [2.24, 2.45) is 0 Å². The van der Waals surface area contributed by atoms with Crippen LogP contribution in [0.4, 0.5) is 0 Å². The van der Waals surface area contributed by atoms with E-state index in [-0.39, 0.29) is 24.5 Å². The van der Waals surface area contributed by atoms with E-state index in [9.17, 15) is 23.7 Å². The highest BCUT2D eigenvalue weighted by Gasteiger charge is 2.41. The minimum absolute atomic E-state index is 0.0288. The summed E-state index contributed by atoms with van der Waals surface area (Å²) in [7, 11) is -3.63. The molecule has 3 aromatic carbocycles. The Labute approximate surface area is 211 Å². The van der Waals surface area contributed by atoms with Crippen LogP contribution in [-0.2, 0) is 9.84 Å². The van der Waals surface area contributed by atoms with E-state index >= 15 is 0 Å². The van der Waals surface area contributed by atoms with Gasteiger partial charge in [0.25, 0.3) is 0 Å². The van der Waals surface area contributed by atoms with Crippen molar-refractivity contribution in [3.05, 3.63) is 107 Å². The van der Waals surface area contributed by atoms with Crippen molar-refractivity contribution in [1.82, 2.24) is 0 Å². The van der Waals surface area contributed by atoms with E-state index in [0.717, 1.165) is 16.7 Å². The van der Waals surface area contributed by atoms with Gasteiger partial charge in [-0.15, -0.1) is 0 Å². The van der Waals surface area contributed by atoms with Gasteiger partial charge in [0.1, 0.15) is 23.4 Å². The Morgan fingerprint density at radius 3 is 2.25 bits per heavy atom. The highest BCUT2D eigenvalue weighted by atomic mass is 32.2. The Morgan fingerprint density at radius 2 is 1.61 bits per heavy atom. The molecule has 1 heterocycles. The number of aliphatic hydroxyl groups excluding tert-OH is 2. The van der Waals surface area contributed by atoms with Crippen molar-refractivity contribution in [2.45, 2.75) is 24.2 Å². The summed E-state index contributed by atoms with van der Waals surface area (Å²) in [6.45, 7) is -0.556. The third kappa shape index (κ3) is 6.23. The molecule has 0 aliphatic carbocycles. The molecule has 6 nitrogen and oxygen atoms in total. The predicted octanol–water partition coefficient (Wildman–Crippen LogP) is 4.24. The predicted molar refractivity (Wildman–Crippen MR) is 141 cm³/mol. The van der Waals surface area contributed by atoms with E-state index in [1.165, 1.54) is 0 Å². The molecule has 0 unspecified atom stereocenters. The summed E-state index contributed by atoms with van der Waals surface area (Å²) < 4.78 is 31.3. The van der Waals surface area contributed by atoms with E-state index in [4.69, 9.17) is 4.74 Å². The minimum Gasteiger partial charge on any atom is -0.508 e. The standard InChI is InChI=1S/C29H30O6S/c30-18-28-29(24(20-36(28,33)34)19-35-26-9-5-2-6-10-26)27(32)16-13-23(22-7-3-1-4-8-22)17-21-11-14-25(31)15-12-21/h1-12,14-15,17,27-28,30-32H,13,16,18-20H2/b23-17-/t27-,28+/m1/s1. The summed E-state index contributed by atoms with van der Waals surface area (Å²) >= 11 is 0. The van der Waals surface area contributed by atoms with Crippen LogP contribution in [0.2, 0.25) is 0 Å². The van der Waals surface area contributed by atoms with Gasteiger partial charge in [-0.25, -0.2) is 8.42 Å². The van der Waals surface area contributed by atoms with Gasteiger partial charge in [-0.2, -0.15) is 0 Å². The molecule has 3 aromatic rings. The van der Waals surface area contributed by atoms with E-state index < -0.39 is 27.8 Å². The number of hydrogen-bond acceptors (Lipinski definition) is 6. The lowest BCUT2D eigenvalue weighted by molar-refractivity contribution is 0.188. The monoisotopic (exact) mass is 506 g/mol. The average Bonchev–Trinajstić information content (AvgIpc) is 3.16. The van der Waals surface area contributed by atoms with Crippen LogP contribution in [0, 0.1) is 0 Å². The lowest BCUT2D eigenvalue weighted by Crippen LogP contribution is -2.29. The number of aromatic hydroxyl groups is 1. The van der Waals surface area contributed by atoms with Gasteiger partial charge in [0.05, 0.1) is 18.5 Å². The fourth-order valence-electron chi connectivity index (χ4n) is 4.49. The molecule has 2 atom stereocenters. The van der Waals surface area contributed by atoms with Crippen LogP contribution in [0.3, 0.4) is 0 Å². The molecule has 0 radical (unpaired) electrons. The first-order valence-corrected chi connectivity index (χ1v) is 13.5. The van der Waals surface area contributed by atoms with E-state index in [1.54, 1.807) is 24.3 Å². The number of ether oxygens (including phenoxy) is 1. The Hall–Kier alpha value is -3.39. The Balaban J connectivity index is 1.58. The number of allylic oxidation sites excluding steroid dienone is 1. The summed E-state index contributed by atoms with van der Waals surface area (Å²) in [5.41, 5.74) is 3.68. The van der Waals surface area contributed by atoms with E-state index in [2.05, 4.69) is 0 Å². The molecular weight excluding hydrogens is 476 g/mol. The van der Waals surface area contributed by atoms with Crippen LogP contribution < -0.4 is 4.74 Å². The third-order valence-corrected chi connectivity index (χ3v) is 8.33. The summed E-state index contributed by atoms with van der Waals surface area (Å²) in [6.07, 6.45) is 1.68. The smallest absolute Gasteiger partial charge is 0.163 e. The maximum atomic E-state index is 12.8. The highest BCUT2D eigenvalue weighted by Crippen LogP contribution is 2.33. The summed E-state index contributed by atoms with van der Waals surface area (Å²) in [5, 5.41) is 29.6. The van der Waals surface area contributed by atoms with Crippen molar-refractivity contribution in [1.29, 1.82) is 0 Å². The van der Waals surface area contributed by atoms with Crippen molar-refractivity contribution in [3.63, 3.8) is 0 Å². The van der Waals surface area contributed by atoms with Crippen molar-refractivity contribution < 1.29 is 28.5 Å². The topological polar surface area (TPSA) is 104 Å². The molecule has 0 aromatic heterocycles. The fraction of sp³-hybridized carbons (Fsp3) is 0.241. The molecule has 0 saturated heterocycles. The molecule has 0 amide bonds. The maximum absolute atomic E-state index is 12.8. The number of phenols is 1. The van der Waals surface area contributed by atoms with Crippen molar-refractivity contribution >= 4 is 21.5 Å². The second-order valence-electron chi connectivity index (χ2n) is 8.82. The SMILES string of the molecule is O=S1(=O)CC(COc2ccccc2)=C([C@H](O)CC/C(=C/c2ccc(O)cc2)c2ccccc2)[C@@H]1CO. The van der Waals surface area contributed by atoms with Gasteiger partial charge in [-0.05, 0) is 65.0 Å². The fourth-order valence-corrected chi connectivity index (χ4v) is 6.37. The zero-order valence-corrected chi connectivity index (χ0v) is 20.6. The second kappa shape index (κ2) is 11.6. The second-order valence-corrected chi connectivity index (χ2v) is 11.0. The summed E-state index contributed by atoms with van der Waals surface area (Å²) in [6, 6.07) is 25.7. The molecule has 3 N–H and O–H groups in total. The van der Waals surface area contributed by atoms with Crippen LogP contribution >= 0.6 is 0 Å². The molecule has 0 fully saturated rings. The first-order chi connectivity index (χ1) is 17.4. The number of para-hydroxylation sites is 1. The zero-order chi connectivity index (χ0) is 25.5. The number of rotatable bonds is 10. The lowest BCUT2D eigenvalue weighted by atomic mass is 9.92. The maximum Gasteiger partial charge on any atom is 0.163 e.